The third-order valence-electron chi connectivity index (χ3n) is 0.737. The van der Waals surface area contributed by atoms with E-state index in [9.17, 15) is 0 Å². The molecule has 0 aliphatic heterocycles. The van der Waals surface area contributed by atoms with Crippen LogP contribution < -0.4 is 0 Å². The van der Waals surface area contributed by atoms with Crippen LogP contribution in [0.25, 0.3) is 0 Å². The molecule has 0 fully saturated rings. The Balaban J connectivity index is 0. The number of allylic oxidation sites excluding steroid dienone is 4. The summed E-state index contributed by atoms with van der Waals surface area (Å²) in [4.78, 5) is 15.0. The molecule has 1 aliphatic carbocycles. The Morgan fingerprint density at radius 1 is 1.30 bits per heavy atom. The van der Waals surface area contributed by atoms with Crippen molar-refractivity contribution in [3.8, 4) is 0 Å². The predicted octanol–water partition coefficient (Wildman–Crippen LogP) is 0.583. The van der Waals surface area contributed by atoms with Crippen molar-refractivity contribution in [1.29, 1.82) is 0 Å². The molecule has 0 aromatic heterocycles. The van der Waals surface area contributed by atoms with E-state index in [1.165, 1.54) is 4.44 Å². The van der Waals surface area contributed by atoms with Crippen molar-refractivity contribution in [2.24, 2.45) is 0 Å². The zero-order valence-electron chi connectivity index (χ0n) is 5.16. The molecule has 0 N–H and O–H groups in total. The molecule has 0 spiro atoms. The zero-order valence-corrected chi connectivity index (χ0v) is 6.44. The van der Waals surface area contributed by atoms with Crippen molar-refractivity contribution in [3.63, 3.8) is 0 Å². The number of hydrogen-bond acceptors (Lipinski definition) is 2. The van der Waals surface area contributed by atoms with Crippen molar-refractivity contribution in [3.05, 3.63) is 22.7 Å². The first-order valence-corrected chi connectivity index (χ1v) is 2.97. The monoisotopic (exact) mass is 173 g/mol. The summed E-state index contributed by atoms with van der Waals surface area (Å²) >= 11 is 2.94. The third-order valence-corrected chi connectivity index (χ3v) is 1.21. The van der Waals surface area contributed by atoms with Crippen LogP contribution in [0.3, 0.4) is 0 Å². The summed E-state index contributed by atoms with van der Waals surface area (Å²) < 4.78 is 1.34. The standard InChI is InChI=1S/C5H5.2CO.Cr/c1-2-4-5-3-1;2*1-2;/h1-3H,4H2;;;. The van der Waals surface area contributed by atoms with Gasteiger partial charge in [0, 0.05) is 0 Å². The Morgan fingerprint density at radius 2 is 1.80 bits per heavy atom. The molecule has 1 aliphatic rings. The summed E-state index contributed by atoms with van der Waals surface area (Å²) in [5.41, 5.74) is 0. The second kappa shape index (κ2) is 11.2. The van der Waals surface area contributed by atoms with Gasteiger partial charge in [0.15, 0.2) is 0 Å². The van der Waals surface area contributed by atoms with Gasteiger partial charge in [0.2, 0.25) is 0 Å². The van der Waals surface area contributed by atoms with Gasteiger partial charge < -0.3 is 0 Å². The molecule has 1 rings (SSSR count). The normalized spacial score (nSPS) is 11.8. The Bertz CT molecular complexity index is 128. The van der Waals surface area contributed by atoms with Crippen molar-refractivity contribution in [1.82, 2.24) is 0 Å². The van der Waals surface area contributed by atoms with Gasteiger partial charge in [-0.15, -0.1) is 0 Å². The fourth-order valence-corrected chi connectivity index (χ4v) is 0.701. The van der Waals surface area contributed by atoms with Gasteiger partial charge in [-0.05, 0) is 0 Å². The van der Waals surface area contributed by atoms with Gasteiger partial charge in [0.25, 0.3) is 13.6 Å². The number of hydrogen-bond donors (Lipinski definition) is 0. The van der Waals surface area contributed by atoms with E-state index in [4.69, 9.17) is 9.59 Å². The zero-order chi connectivity index (χ0) is 8.41. The van der Waals surface area contributed by atoms with Crippen molar-refractivity contribution in [2.75, 3.05) is 0 Å². The topological polar surface area (TPSA) is 34.1 Å². The number of carbonyl (C=O) groups excluding carboxylic acids is 2. The van der Waals surface area contributed by atoms with Crippen LogP contribution in [-0.2, 0) is 25.9 Å². The Hall–Kier alpha value is -0.648. The van der Waals surface area contributed by atoms with Crippen LogP contribution in [0.15, 0.2) is 22.7 Å². The first kappa shape index (κ1) is 12.1. The van der Waals surface area contributed by atoms with E-state index in [-0.39, 0.29) is 0 Å². The first-order valence-electron chi connectivity index (χ1n) is 2.33. The minimum absolute atomic E-state index is 1.11. The summed E-state index contributed by atoms with van der Waals surface area (Å²) in [7, 11) is 0. The fourth-order valence-electron chi connectivity index (χ4n) is 0.428. The first-order chi connectivity index (χ1) is 4.89. The number of rotatable bonds is 0. The fraction of sp³-hybridized carbons (Fsp3) is 0.143. The molecule has 2 nitrogen and oxygen atoms in total. The average Bonchev–Trinajstić information content (AvgIpc) is 2.48. The molecule has 0 aromatic rings. The quantitative estimate of drug-likeness (QED) is 0.537. The van der Waals surface area contributed by atoms with Gasteiger partial charge in [-0.3, -0.25) is 9.59 Å². The summed E-state index contributed by atoms with van der Waals surface area (Å²) in [6.45, 7) is 9.00. The molecular weight excluding hydrogens is 168 g/mol. The predicted molar refractivity (Wildman–Crippen MR) is 33.2 cm³/mol. The van der Waals surface area contributed by atoms with Gasteiger partial charge in [-0.2, -0.15) is 0 Å². The van der Waals surface area contributed by atoms with Crippen molar-refractivity contribution >= 4 is 13.6 Å². The van der Waals surface area contributed by atoms with E-state index in [1.807, 2.05) is 0 Å². The summed E-state index contributed by atoms with van der Waals surface area (Å²) in [5.74, 6) is 0. The van der Waals surface area contributed by atoms with Crippen LogP contribution in [-0.4, -0.2) is 13.6 Å². The summed E-state index contributed by atoms with van der Waals surface area (Å²) in [6.07, 6.45) is 7.39. The van der Waals surface area contributed by atoms with Gasteiger partial charge in [-0.25, -0.2) is 0 Å². The molecule has 3 heteroatoms. The molecular formula is C7H5CrO2. The van der Waals surface area contributed by atoms with Crippen molar-refractivity contribution < 1.29 is 25.9 Å². The molecule has 0 saturated carbocycles. The second-order valence-electron chi connectivity index (χ2n) is 1.27. The Labute approximate surface area is 69.0 Å². The van der Waals surface area contributed by atoms with E-state index in [0.29, 0.717) is 0 Å². The van der Waals surface area contributed by atoms with Crippen LogP contribution in [0.5, 0.6) is 0 Å². The van der Waals surface area contributed by atoms with Gasteiger partial charge in [0.05, 0.1) is 0 Å². The molecule has 0 heterocycles. The molecule has 0 unspecified atom stereocenters. The van der Waals surface area contributed by atoms with Gasteiger partial charge in [0.1, 0.15) is 0 Å². The minimum atomic E-state index is 1.11. The average molecular weight is 173 g/mol. The summed E-state index contributed by atoms with van der Waals surface area (Å²) in [6, 6.07) is 0. The SMILES string of the molecule is [C]=O.[C]=O.[Cr][C]1=CC=CC1. The molecule has 51 valence electrons. The molecule has 0 bridgehead atoms. The Morgan fingerprint density at radius 3 is 1.90 bits per heavy atom. The molecule has 0 aromatic carbocycles. The molecule has 0 amide bonds. The van der Waals surface area contributed by atoms with Crippen LogP contribution in [0.2, 0.25) is 0 Å². The van der Waals surface area contributed by atoms with Crippen LogP contribution in [0.4, 0.5) is 0 Å². The Kier molecular flexibility index (Phi) is 13.5. The van der Waals surface area contributed by atoms with Crippen LogP contribution in [0, 0.1) is 0 Å². The van der Waals surface area contributed by atoms with Crippen LogP contribution in [0.1, 0.15) is 6.42 Å². The molecule has 10 heavy (non-hydrogen) atoms. The summed E-state index contributed by atoms with van der Waals surface area (Å²) in [5, 5.41) is 0. The van der Waals surface area contributed by atoms with Gasteiger partial charge in [-0.1, -0.05) is 0 Å². The van der Waals surface area contributed by atoms with E-state index in [2.05, 4.69) is 48.1 Å². The molecule has 4 radical (unpaired) electrons. The van der Waals surface area contributed by atoms with Crippen molar-refractivity contribution in [2.45, 2.75) is 6.42 Å². The maximum atomic E-state index is 7.50. The third kappa shape index (κ3) is 7.35. The molecule has 0 atom stereocenters. The molecule has 0 saturated heterocycles. The van der Waals surface area contributed by atoms with E-state index in [0.717, 1.165) is 6.42 Å². The van der Waals surface area contributed by atoms with E-state index >= 15 is 0 Å². The second-order valence-corrected chi connectivity index (χ2v) is 2.08. The van der Waals surface area contributed by atoms with Gasteiger partial charge >= 0.3 is 45.4 Å². The van der Waals surface area contributed by atoms with E-state index in [1.54, 1.807) is 0 Å². The van der Waals surface area contributed by atoms with E-state index < -0.39 is 0 Å². The maximum absolute atomic E-state index is 7.50. The van der Waals surface area contributed by atoms with Crippen LogP contribution >= 0.6 is 0 Å².